The van der Waals surface area contributed by atoms with Crippen LogP contribution < -0.4 is 4.72 Å². The quantitative estimate of drug-likeness (QED) is 0.938. The molecule has 0 radical (unpaired) electrons. The number of hydrogen-bond donors (Lipinski definition) is 1. The molecule has 0 spiro atoms. The fraction of sp³-hybridized carbons (Fsp3) is 0.200. The number of rotatable bonds is 4. The summed E-state index contributed by atoms with van der Waals surface area (Å²) in [6.45, 7) is 3.56. The number of sulfonamides is 1. The lowest BCUT2D eigenvalue weighted by Crippen LogP contribution is -2.13. The van der Waals surface area contributed by atoms with Crippen LogP contribution in [0.4, 0.5) is 10.1 Å². The van der Waals surface area contributed by atoms with Crippen LogP contribution in [0.2, 0.25) is 0 Å². The Balaban J connectivity index is 2.27. The van der Waals surface area contributed by atoms with E-state index in [1.807, 2.05) is 19.1 Å². The molecule has 0 amide bonds. The maximum absolute atomic E-state index is 13.2. The van der Waals surface area contributed by atoms with Crippen molar-refractivity contribution in [2.24, 2.45) is 0 Å². The molecular weight excluding hydrogens is 277 g/mol. The average molecular weight is 293 g/mol. The van der Waals surface area contributed by atoms with Crippen molar-refractivity contribution in [3.05, 3.63) is 59.4 Å². The van der Waals surface area contributed by atoms with Crippen molar-refractivity contribution in [2.75, 3.05) is 4.72 Å². The largest absolute Gasteiger partial charge is 0.280 e. The van der Waals surface area contributed by atoms with E-state index < -0.39 is 15.8 Å². The molecule has 20 heavy (non-hydrogen) atoms. The van der Waals surface area contributed by atoms with Gasteiger partial charge in [-0.1, -0.05) is 19.1 Å². The predicted molar refractivity (Wildman–Crippen MR) is 77.8 cm³/mol. The van der Waals surface area contributed by atoms with Gasteiger partial charge in [0.2, 0.25) is 0 Å². The maximum Gasteiger partial charge on any atom is 0.261 e. The van der Waals surface area contributed by atoms with Gasteiger partial charge in [-0.05, 0) is 54.8 Å². The molecule has 0 fully saturated rings. The minimum absolute atomic E-state index is 0.0518. The van der Waals surface area contributed by atoms with Gasteiger partial charge in [0, 0.05) is 5.69 Å². The number of benzene rings is 2. The third kappa shape index (κ3) is 3.17. The molecule has 2 aromatic rings. The van der Waals surface area contributed by atoms with Gasteiger partial charge < -0.3 is 0 Å². The molecule has 0 saturated carbocycles. The van der Waals surface area contributed by atoms with Gasteiger partial charge in [0.1, 0.15) is 5.82 Å². The minimum atomic E-state index is -3.69. The van der Waals surface area contributed by atoms with Gasteiger partial charge in [-0.15, -0.1) is 0 Å². The molecule has 0 aliphatic carbocycles. The van der Waals surface area contributed by atoms with E-state index >= 15 is 0 Å². The molecule has 0 atom stereocenters. The lowest BCUT2D eigenvalue weighted by molar-refractivity contribution is 0.598. The number of nitrogens with one attached hydrogen (secondary N) is 1. The number of hydrogen-bond acceptors (Lipinski definition) is 2. The standard InChI is InChI=1S/C15H16FNO2S/c1-3-12-4-6-13(7-5-12)17-20(18,19)14-8-9-15(16)11(2)10-14/h4-10,17H,3H2,1-2H3. The molecule has 0 unspecified atom stereocenters. The Hall–Kier alpha value is -1.88. The first-order valence-corrected chi connectivity index (χ1v) is 7.78. The van der Waals surface area contributed by atoms with E-state index in [9.17, 15) is 12.8 Å². The number of aryl methyl sites for hydroxylation is 2. The van der Waals surface area contributed by atoms with E-state index in [0.717, 1.165) is 18.1 Å². The molecule has 0 aromatic heterocycles. The van der Waals surface area contributed by atoms with Gasteiger partial charge in [0.15, 0.2) is 0 Å². The third-order valence-electron chi connectivity index (χ3n) is 3.05. The third-order valence-corrected chi connectivity index (χ3v) is 4.43. The summed E-state index contributed by atoms with van der Waals surface area (Å²) >= 11 is 0. The van der Waals surface area contributed by atoms with Gasteiger partial charge in [-0.3, -0.25) is 4.72 Å². The van der Waals surface area contributed by atoms with Crippen LogP contribution in [-0.4, -0.2) is 8.42 Å². The highest BCUT2D eigenvalue weighted by atomic mass is 32.2. The van der Waals surface area contributed by atoms with Crippen LogP contribution in [0.5, 0.6) is 0 Å². The molecule has 0 saturated heterocycles. The zero-order valence-corrected chi connectivity index (χ0v) is 12.2. The fourth-order valence-electron chi connectivity index (χ4n) is 1.81. The van der Waals surface area contributed by atoms with Crippen molar-refractivity contribution < 1.29 is 12.8 Å². The highest BCUT2D eigenvalue weighted by Gasteiger charge is 2.15. The maximum atomic E-state index is 13.2. The van der Waals surface area contributed by atoms with E-state index in [1.54, 1.807) is 12.1 Å². The second-order valence-electron chi connectivity index (χ2n) is 4.57. The first-order valence-electron chi connectivity index (χ1n) is 6.30. The Bertz CT molecular complexity index is 709. The molecule has 2 aromatic carbocycles. The Labute approximate surface area is 118 Å². The summed E-state index contributed by atoms with van der Waals surface area (Å²) in [7, 11) is -3.69. The summed E-state index contributed by atoms with van der Waals surface area (Å²) in [5.74, 6) is -0.420. The second kappa shape index (κ2) is 5.63. The van der Waals surface area contributed by atoms with Crippen LogP contribution in [0, 0.1) is 12.7 Å². The van der Waals surface area contributed by atoms with Gasteiger partial charge in [-0.2, -0.15) is 0 Å². The van der Waals surface area contributed by atoms with E-state index in [4.69, 9.17) is 0 Å². The summed E-state index contributed by atoms with van der Waals surface area (Å²) in [4.78, 5) is 0.0518. The predicted octanol–water partition coefficient (Wildman–Crippen LogP) is 3.50. The summed E-state index contributed by atoms with van der Waals surface area (Å²) < 4.78 is 40.0. The molecule has 3 nitrogen and oxygen atoms in total. The van der Waals surface area contributed by atoms with Crippen LogP contribution in [0.3, 0.4) is 0 Å². The van der Waals surface area contributed by atoms with Crippen molar-refractivity contribution in [2.45, 2.75) is 25.2 Å². The molecule has 5 heteroatoms. The van der Waals surface area contributed by atoms with Crippen molar-refractivity contribution in [1.29, 1.82) is 0 Å². The second-order valence-corrected chi connectivity index (χ2v) is 6.25. The van der Waals surface area contributed by atoms with Crippen molar-refractivity contribution >= 4 is 15.7 Å². The monoisotopic (exact) mass is 293 g/mol. The topological polar surface area (TPSA) is 46.2 Å². The van der Waals surface area contributed by atoms with Crippen LogP contribution in [0.25, 0.3) is 0 Å². The molecule has 106 valence electrons. The fourth-order valence-corrected chi connectivity index (χ4v) is 2.95. The molecule has 0 aliphatic heterocycles. The van der Waals surface area contributed by atoms with Gasteiger partial charge in [0.25, 0.3) is 10.0 Å². The average Bonchev–Trinajstić information content (AvgIpc) is 2.42. The highest BCUT2D eigenvalue weighted by molar-refractivity contribution is 7.92. The summed E-state index contributed by atoms with van der Waals surface area (Å²) in [5.41, 5.74) is 1.92. The van der Waals surface area contributed by atoms with Crippen LogP contribution >= 0.6 is 0 Å². The minimum Gasteiger partial charge on any atom is -0.280 e. The molecule has 0 heterocycles. The van der Waals surface area contributed by atoms with Crippen LogP contribution in [0.1, 0.15) is 18.1 Å². The van der Waals surface area contributed by atoms with E-state index in [1.165, 1.54) is 19.1 Å². The Morgan fingerprint density at radius 1 is 1.10 bits per heavy atom. The highest BCUT2D eigenvalue weighted by Crippen LogP contribution is 2.19. The molecule has 0 bridgehead atoms. The molecular formula is C15H16FNO2S. The van der Waals surface area contributed by atoms with Gasteiger partial charge >= 0.3 is 0 Å². The van der Waals surface area contributed by atoms with Crippen LogP contribution in [0.15, 0.2) is 47.4 Å². The normalized spacial score (nSPS) is 11.3. The van der Waals surface area contributed by atoms with Crippen LogP contribution in [-0.2, 0) is 16.4 Å². The lowest BCUT2D eigenvalue weighted by atomic mass is 10.2. The summed E-state index contributed by atoms with van der Waals surface area (Å²) in [5, 5.41) is 0. The number of anilines is 1. The molecule has 1 N–H and O–H groups in total. The van der Waals surface area contributed by atoms with Crippen molar-refractivity contribution in [3.8, 4) is 0 Å². The van der Waals surface area contributed by atoms with Gasteiger partial charge in [0.05, 0.1) is 4.90 Å². The first kappa shape index (κ1) is 14.5. The SMILES string of the molecule is CCc1ccc(NS(=O)(=O)c2ccc(F)c(C)c2)cc1. The van der Waals surface area contributed by atoms with Crippen molar-refractivity contribution in [3.63, 3.8) is 0 Å². The Morgan fingerprint density at radius 2 is 1.75 bits per heavy atom. The number of halogens is 1. The van der Waals surface area contributed by atoms with E-state index in [2.05, 4.69) is 4.72 Å². The molecule has 2 rings (SSSR count). The molecule has 0 aliphatic rings. The van der Waals surface area contributed by atoms with E-state index in [0.29, 0.717) is 11.3 Å². The summed E-state index contributed by atoms with van der Waals surface area (Å²) in [6.07, 6.45) is 0.893. The summed E-state index contributed by atoms with van der Waals surface area (Å²) in [6, 6.07) is 10.9. The lowest BCUT2D eigenvalue weighted by Gasteiger charge is -2.09. The zero-order chi connectivity index (χ0) is 14.8. The van der Waals surface area contributed by atoms with Gasteiger partial charge in [-0.25, -0.2) is 12.8 Å². The smallest absolute Gasteiger partial charge is 0.261 e. The van der Waals surface area contributed by atoms with Crippen molar-refractivity contribution in [1.82, 2.24) is 0 Å². The zero-order valence-electron chi connectivity index (χ0n) is 11.4. The Morgan fingerprint density at radius 3 is 2.30 bits per heavy atom. The van der Waals surface area contributed by atoms with E-state index in [-0.39, 0.29) is 4.90 Å². The first-order chi connectivity index (χ1) is 9.42. The Kier molecular flexibility index (Phi) is 4.09.